The lowest BCUT2D eigenvalue weighted by molar-refractivity contribution is 1.20. The third-order valence-electron chi connectivity index (χ3n) is 9.91. The van der Waals surface area contributed by atoms with Gasteiger partial charge in [0.15, 0.2) is 0 Å². The number of fused-ring (bicyclic) bond motifs is 4. The maximum absolute atomic E-state index is 9.78. The molecule has 0 saturated heterocycles. The van der Waals surface area contributed by atoms with E-state index < -0.39 is 208 Å². The quantitative estimate of drug-likeness (QED) is 0.149. The second kappa shape index (κ2) is 15.1. The summed E-state index contributed by atoms with van der Waals surface area (Å²) >= 11 is 0. The van der Waals surface area contributed by atoms with E-state index in [9.17, 15) is 16.4 Å². The molecule has 0 unspecified atom stereocenters. The van der Waals surface area contributed by atoms with Crippen molar-refractivity contribution < 1.29 is 35.6 Å². The SMILES string of the molecule is [2H]c1c([2H])c([2H])c(-c2c([2H])c([2H])c(N(c3c([2H])c([2H])c(-c4ccc5c(c4)c4ccccc4n5-c4cccc5ccccc45)c([2H])c3[2H])c3c([2H])c([2H])c(-c4c([2H])c([2H])c([2H])c([2H])c4-c4c([2H])c([2H])c([2H])c([2H])c4[2H])c([2H])c3[2H])c([2H])c2[2H])c([2H])c1[2H]. The predicted molar refractivity (Wildman–Crippen MR) is 255 cm³/mol. The lowest BCUT2D eigenvalue weighted by Crippen LogP contribution is -2.09. The summed E-state index contributed by atoms with van der Waals surface area (Å²) < 4.78 is 238. The van der Waals surface area contributed by atoms with Gasteiger partial charge in [0.25, 0.3) is 0 Å². The summed E-state index contributed by atoms with van der Waals surface area (Å²) in [6.45, 7) is 0. The number of benzene rings is 10. The summed E-state index contributed by atoms with van der Waals surface area (Å²) in [7, 11) is 0. The standard InChI is InChI=1S/C58H40N2/c1-3-14-41(15-4-1)42-26-33-48(34-27-42)59(50-37-30-46(31-38-50)52-21-10-9-20-51(52)44-16-5-2-6-17-44)49-35-28-43(29-36-49)47-32-39-58-55(40-47)54-23-11-12-24-57(54)60(58)56-25-13-19-45-18-7-8-22-53(45)56/h1-40H/i1D,2D,3D,4D,5D,6D,9D,10D,14D,15D,16D,17D,20D,21D,26D,27D,28D,29D,30D,31D,33D,34D,35D,36D,37D,38D. The largest absolute Gasteiger partial charge is 0.311 e. The number of hydrogen-bond acceptors (Lipinski definition) is 1. The van der Waals surface area contributed by atoms with E-state index in [1.807, 2.05) is 66.7 Å². The molecule has 2 nitrogen and oxygen atoms in total. The van der Waals surface area contributed by atoms with Crippen LogP contribution in [0.4, 0.5) is 17.1 Å². The minimum absolute atomic E-state index is 0.164. The second-order valence-electron chi connectivity index (χ2n) is 13.3. The first-order valence-electron chi connectivity index (χ1n) is 31.5. The average Bonchev–Trinajstić information content (AvgIpc) is 0.885. The van der Waals surface area contributed by atoms with Crippen LogP contribution >= 0.6 is 0 Å². The Labute approximate surface area is 387 Å². The lowest BCUT2D eigenvalue weighted by Gasteiger charge is -2.26. The first kappa shape index (κ1) is 17.5. The normalized spacial score (nSPS) is 17.4. The summed E-state index contributed by atoms with van der Waals surface area (Å²) in [6, 6.07) is 0.00913. The number of rotatable bonds is 8. The molecule has 1 heterocycles. The summed E-state index contributed by atoms with van der Waals surface area (Å²) in [5.41, 5.74) is -5.94. The highest BCUT2D eigenvalue weighted by molar-refractivity contribution is 6.11. The van der Waals surface area contributed by atoms with Crippen molar-refractivity contribution in [3.8, 4) is 50.2 Å². The van der Waals surface area contributed by atoms with Gasteiger partial charge in [-0.2, -0.15) is 0 Å². The lowest BCUT2D eigenvalue weighted by atomic mass is 9.94. The molecule has 0 N–H and O–H groups in total. The van der Waals surface area contributed by atoms with E-state index in [4.69, 9.17) is 19.2 Å². The van der Waals surface area contributed by atoms with Gasteiger partial charge in [-0.3, -0.25) is 0 Å². The molecule has 0 aliphatic carbocycles. The molecule has 10 aromatic carbocycles. The van der Waals surface area contributed by atoms with Crippen LogP contribution in [0.15, 0.2) is 242 Å². The van der Waals surface area contributed by atoms with Crippen LogP contribution in [0.3, 0.4) is 0 Å². The number of aromatic nitrogens is 1. The van der Waals surface area contributed by atoms with E-state index in [-0.39, 0.29) is 11.1 Å². The molecule has 11 aromatic rings. The van der Waals surface area contributed by atoms with Gasteiger partial charge in [0, 0.05) is 33.2 Å². The fraction of sp³-hybridized carbons (Fsp3) is 0. The van der Waals surface area contributed by atoms with Gasteiger partial charge in [0.1, 0.15) is 0 Å². The van der Waals surface area contributed by atoms with Crippen molar-refractivity contribution in [2.45, 2.75) is 0 Å². The van der Waals surface area contributed by atoms with Crippen molar-refractivity contribution in [3.05, 3.63) is 242 Å². The minimum Gasteiger partial charge on any atom is -0.311 e. The van der Waals surface area contributed by atoms with Gasteiger partial charge in [-0.1, -0.05) is 182 Å². The van der Waals surface area contributed by atoms with Crippen LogP contribution in [0.25, 0.3) is 82.8 Å². The third kappa shape index (κ3) is 6.32. The van der Waals surface area contributed by atoms with E-state index in [0.717, 1.165) is 27.4 Å². The molecule has 1 aromatic heterocycles. The first-order chi connectivity index (χ1) is 40.6. The fourth-order valence-corrected chi connectivity index (χ4v) is 7.21. The highest BCUT2D eigenvalue weighted by atomic mass is 15.1. The van der Waals surface area contributed by atoms with Gasteiger partial charge < -0.3 is 9.47 Å². The van der Waals surface area contributed by atoms with Crippen LogP contribution in [0.1, 0.15) is 35.6 Å². The van der Waals surface area contributed by atoms with Crippen LogP contribution in [0, 0.1) is 0 Å². The molecule has 0 saturated carbocycles. The Hall–Kier alpha value is -7.94. The van der Waals surface area contributed by atoms with Gasteiger partial charge in [0.2, 0.25) is 0 Å². The molecule has 11 rings (SSSR count). The number of para-hydroxylation sites is 1. The van der Waals surface area contributed by atoms with E-state index >= 15 is 0 Å². The zero-order chi connectivity index (χ0) is 62.5. The molecule has 0 aliphatic rings. The molecule has 2 heteroatoms. The summed E-state index contributed by atoms with van der Waals surface area (Å²) in [5.74, 6) is 0. The summed E-state index contributed by atoms with van der Waals surface area (Å²) in [4.78, 5) is 0.444. The zero-order valence-corrected chi connectivity index (χ0v) is 31.0. The molecule has 0 radical (unpaired) electrons. The van der Waals surface area contributed by atoms with Crippen molar-refractivity contribution in [2.75, 3.05) is 4.90 Å². The van der Waals surface area contributed by atoms with Crippen LogP contribution < -0.4 is 4.90 Å². The smallest absolute Gasteiger partial charge is 0.0645 e. The highest BCUT2D eigenvalue weighted by Crippen LogP contribution is 2.41. The van der Waals surface area contributed by atoms with E-state index in [1.54, 1.807) is 18.2 Å². The molecule has 0 spiro atoms. The average molecular weight is 791 g/mol. The molecule has 0 atom stereocenters. The van der Waals surface area contributed by atoms with E-state index in [0.29, 0.717) is 15.8 Å². The zero-order valence-electron chi connectivity index (χ0n) is 57.0. The van der Waals surface area contributed by atoms with Gasteiger partial charge in [-0.25, -0.2) is 0 Å². The number of nitrogens with zero attached hydrogens (tertiary/aromatic N) is 2. The Morgan fingerprint density at radius 2 is 0.800 bits per heavy atom. The molecule has 0 fully saturated rings. The number of hydrogen-bond donors (Lipinski definition) is 0. The molecule has 282 valence electrons. The van der Waals surface area contributed by atoms with Crippen molar-refractivity contribution in [3.63, 3.8) is 0 Å². The second-order valence-corrected chi connectivity index (χ2v) is 13.3. The molecular formula is C58H40N2. The van der Waals surface area contributed by atoms with Gasteiger partial charge in [-0.15, -0.1) is 0 Å². The summed E-state index contributed by atoms with van der Waals surface area (Å²) in [5, 5.41) is 3.30. The Balaban J connectivity index is 1.22. The van der Waals surface area contributed by atoms with Crippen molar-refractivity contribution >= 4 is 49.6 Å². The first-order valence-corrected chi connectivity index (χ1v) is 18.5. The Morgan fingerprint density at radius 3 is 1.45 bits per heavy atom. The molecule has 0 aliphatic heterocycles. The minimum atomic E-state index is -1.24. The van der Waals surface area contributed by atoms with Gasteiger partial charge >= 0.3 is 0 Å². The maximum Gasteiger partial charge on any atom is 0.0645 e. The van der Waals surface area contributed by atoms with Crippen LogP contribution in [0.2, 0.25) is 0 Å². The molecule has 0 amide bonds. The Bertz CT molecular complexity index is 4710. The molecular weight excluding hydrogens is 725 g/mol. The van der Waals surface area contributed by atoms with E-state index in [2.05, 4.69) is 4.57 Å². The monoisotopic (exact) mass is 790 g/mol. The predicted octanol–water partition coefficient (Wildman–Crippen LogP) is 16.1. The maximum atomic E-state index is 9.78. The summed E-state index contributed by atoms with van der Waals surface area (Å²) in [6.07, 6.45) is 0. The highest BCUT2D eigenvalue weighted by Gasteiger charge is 2.17. The van der Waals surface area contributed by atoms with E-state index in [1.165, 1.54) is 0 Å². The third-order valence-corrected chi connectivity index (χ3v) is 9.91. The van der Waals surface area contributed by atoms with Crippen molar-refractivity contribution in [1.82, 2.24) is 4.57 Å². The Kier molecular flexibility index (Phi) is 4.40. The van der Waals surface area contributed by atoms with Crippen molar-refractivity contribution in [1.29, 1.82) is 0 Å². The fourth-order valence-electron chi connectivity index (χ4n) is 7.21. The topological polar surface area (TPSA) is 8.17 Å². The van der Waals surface area contributed by atoms with Crippen LogP contribution in [0.5, 0.6) is 0 Å². The van der Waals surface area contributed by atoms with Crippen molar-refractivity contribution in [2.24, 2.45) is 0 Å². The van der Waals surface area contributed by atoms with Crippen LogP contribution in [-0.2, 0) is 0 Å². The number of anilines is 3. The molecule has 0 bridgehead atoms. The molecule has 60 heavy (non-hydrogen) atoms. The van der Waals surface area contributed by atoms with Crippen LogP contribution in [-0.4, -0.2) is 4.57 Å². The van der Waals surface area contributed by atoms with Gasteiger partial charge in [-0.05, 0) is 110 Å². The van der Waals surface area contributed by atoms with Gasteiger partial charge in [0.05, 0.1) is 52.4 Å². The Morgan fingerprint density at radius 1 is 0.333 bits per heavy atom.